The number of aryl methyl sites for hydroxylation is 1. The zero-order valence-corrected chi connectivity index (χ0v) is 16.9. The summed E-state index contributed by atoms with van der Waals surface area (Å²) in [4.78, 5) is 26.2. The molecule has 0 unspecified atom stereocenters. The van der Waals surface area contributed by atoms with Crippen LogP contribution in [0.25, 0.3) is 0 Å². The maximum absolute atomic E-state index is 12.0. The monoisotopic (exact) mass is 396 g/mol. The Morgan fingerprint density at radius 1 is 0.966 bits per heavy atom. The number of anilines is 2. The van der Waals surface area contributed by atoms with Crippen molar-refractivity contribution < 1.29 is 19.1 Å². The van der Waals surface area contributed by atoms with Crippen LogP contribution in [0.15, 0.2) is 48.5 Å². The highest BCUT2D eigenvalue weighted by Crippen LogP contribution is 2.21. The van der Waals surface area contributed by atoms with Gasteiger partial charge >= 0.3 is 5.97 Å². The molecule has 154 valence electrons. The van der Waals surface area contributed by atoms with Gasteiger partial charge in [-0.2, -0.15) is 0 Å². The summed E-state index contributed by atoms with van der Waals surface area (Å²) in [7, 11) is 0. The Labute approximate surface area is 171 Å². The quantitative estimate of drug-likeness (QED) is 0.718. The van der Waals surface area contributed by atoms with Crippen LogP contribution in [0.2, 0.25) is 0 Å². The number of benzene rings is 2. The molecular formula is C23H28N2O4. The maximum atomic E-state index is 12.0. The van der Waals surface area contributed by atoms with Crippen LogP contribution in [-0.4, -0.2) is 38.2 Å². The molecule has 1 amide bonds. The molecule has 0 spiro atoms. The van der Waals surface area contributed by atoms with Crippen LogP contribution < -0.4 is 15.0 Å². The molecule has 1 aliphatic rings. The molecule has 0 aliphatic carbocycles. The third kappa shape index (κ3) is 6.82. The Hall–Kier alpha value is -3.02. The van der Waals surface area contributed by atoms with Crippen molar-refractivity contribution in [2.45, 2.75) is 32.6 Å². The second-order valence-electron chi connectivity index (χ2n) is 7.26. The van der Waals surface area contributed by atoms with Gasteiger partial charge in [0.1, 0.15) is 5.75 Å². The fourth-order valence-electron chi connectivity index (χ4n) is 3.32. The molecule has 1 fully saturated rings. The van der Waals surface area contributed by atoms with Crippen LogP contribution >= 0.6 is 0 Å². The standard InChI is InChI=1S/C23H28N2O4/c1-18-7-6-8-21(15-18)28-17-23(27)29-16-22(26)24-19-9-11-20(12-10-19)25-13-4-2-3-5-14-25/h6-12,15H,2-5,13-14,16-17H2,1H3,(H,24,26). The summed E-state index contributed by atoms with van der Waals surface area (Å²) in [5.41, 5.74) is 2.89. The molecule has 6 heteroatoms. The Kier molecular flexibility index (Phi) is 7.50. The molecule has 0 bridgehead atoms. The lowest BCUT2D eigenvalue weighted by atomic mass is 10.2. The van der Waals surface area contributed by atoms with Crippen LogP contribution in [0.5, 0.6) is 5.75 Å². The zero-order valence-electron chi connectivity index (χ0n) is 16.9. The molecule has 1 N–H and O–H groups in total. The highest BCUT2D eigenvalue weighted by Gasteiger charge is 2.11. The van der Waals surface area contributed by atoms with Crippen LogP contribution in [-0.2, 0) is 14.3 Å². The van der Waals surface area contributed by atoms with Crippen LogP contribution in [0.1, 0.15) is 31.2 Å². The Morgan fingerprint density at radius 3 is 2.38 bits per heavy atom. The summed E-state index contributed by atoms with van der Waals surface area (Å²) in [6, 6.07) is 15.2. The maximum Gasteiger partial charge on any atom is 0.344 e. The summed E-state index contributed by atoms with van der Waals surface area (Å²) in [5, 5.41) is 2.75. The number of nitrogens with zero attached hydrogens (tertiary/aromatic N) is 1. The fourth-order valence-corrected chi connectivity index (χ4v) is 3.32. The highest BCUT2D eigenvalue weighted by atomic mass is 16.6. The first kappa shape index (κ1) is 20.7. The van der Waals surface area contributed by atoms with Gasteiger partial charge in [0.15, 0.2) is 13.2 Å². The van der Waals surface area contributed by atoms with E-state index >= 15 is 0 Å². The highest BCUT2D eigenvalue weighted by molar-refractivity contribution is 5.93. The second-order valence-corrected chi connectivity index (χ2v) is 7.26. The smallest absolute Gasteiger partial charge is 0.344 e. The van der Waals surface area contributed by atoms with Crippen molar-refractivity contribution in [2.24, 2.45) is 0 Å². The first-order valence-corrected chi connectivity index (χ1v) is 10.1. The van der Waals surface area contributed by atoms with Crippen molar-refractivity contribution in [1.82, 2.24) is 0 Å². The van der Waals surface area contributed by atoms with E-state index in [0.717, 1.165) is 18.7 Å². The Morgan fingerprint density at radius 2 is 1.69 bits per heavy atom. The van der Waals surface area contributed by atoms with Crippen molar-refractivity contribution in [1.29, 1.82) is 0 Å². The number of hydrogen-bond donors (Lipinski definition) is 1. The molecule has 0 saturated carbocycles. The summed E-state index contributed by atoms with van der Waals surface area (Å²) in [5.74, 6) is -0.370. The minimum Gasteiger partial charge on any atom is -0.482 e. The minimum atomic E-state index is -0.585. The van der Waals surface area contributed by atoms with Crippen molar-refractivity contribution in [3.05, 3.63) is 54.1 Å². The normalized spacial score (nSPS) is 14.0. The van der Waals surface area contributed by atoms with Gasteiger partial charge in [0, 0.05) is 24.5 Å². The van der Waals surface area contributed by atoms with Crippen LogP contribution in [0.3, 0.4) is 0 Å². The molecule has 29 heavy (non-hydrogen) atoms. The molecule has 2 aromatic carbocycles. The number of carbonyl (C=O) groups is 2. The molecule has 3 rings (SSSR count). The lowest BCUT2D eigenvalue weighted by Crippen LogP contribution is -2.24. The van der Waals surface area contributed by atoms with Crippen molar-refractivity contribution in [2.75, 3.05) is 36.5 Å². The third-order valence-electron chi connectivity index (χ3n) is 4.83. The first-order valence-electron chi connectivity index (χ1n) is 10.1. The van der Waals surface area contributed by atoms with Gasteiger partial charge in [0.05, 0.1) is 0 Å². The number of ether oxygens (including phenoxy) is 2. The first-order chi connectivity index (χ1) is 14.1. The van der Waals surface area contributed by atoms with E-state index in [1.165, 1.54) is 31.4 Å². The van der Waals surface area contributed by atoms with E-state index in [9.17, 15) is 9.59 Å². The lowest BCUT2D eigenvalue weighted by Gasteiger charge is -2.22. The van der Waals surface area contributed by atoms with E-state index in [-0.39, 0.29) is 19.1 Å². The van der Waals surface area contributed by atoms with Crippen LogP contribution in [0, 0.1) is 6.92 Å². The predicted molar refractivity (Wildman–Crippen MR) is 113 cm³/mol. The largest absolute Gasteiger partial charge is 0.482 e. The summed E-state index contributed by atoms with van der Waals surface area (Å²) < 4.78 is 10.3. The zero-order chi connectivity index (χ0) is 20.5. The van der Waals surface area contributed by atoms with E-state index in [4.69, 9.17) is 9.47 Å². The van der Waals surface area contributed by atoms with Gasteiger partial charge in [-0.1, -0.05) is 25.0 Å². The molecule has 1 aliphatic heterocycles. The minimum absolute atomic E-state index is 0.235. The topological polar surface area (TPSA) is 67.9 Å². The van der Waals surface area contributed by atoms with E-state index in [1.807, 2.05) is 49.4 Å². The molecule has 1 saturated heterocycles. The Balaban J connectivity index is 1.40. The van der Waals surface area contributed by atoms with Gasteiger partial charge < -0.3 is 19.7 Å². The van der Waals surface area contributed by atoms with Gasteiger partial charge in [-0.25, -0.2) is 4.79 Å². The molecule has 1 heterocycles. The lowest BCUT2D eigenvalue weighted by molar-refractivity contribution is -0.149. The van der Waals surface area contributed by atoms with E-state index in [0.29, 0.717) is 11.4 Å². The molecule has 0 radical (unpaired) electrons. The number of hydrogen-bond acceptors (Lipinski definition) is 5. The SMILES string of the molecule is Cc1cccc(OCC(=O)OCC(=O)Nc2ccc(N3CCCCCC3)cc2)c1. The van der Waals surface area contributed by atoms with Gasteiger partial charge in [0.2, 0.25) is 0 Å². The van der Waals surface area contributed by atoms with Crippen LogP contribution in [0.4, 0.5) is 11.4 Å². The van der Waals surface area contributed by atoms with Gasteiger partial charge in [-0.15, -0.1) is 0 Å². The molecule has 2 aromatic rings. The molecule has 0 atom stereocenters. The van der Waals surface area contributed by atoms with E-state index in [2.05, 4.69) is 10.2 Å². The molecular weight excluding hydrogens is 368 g/mol. The number of amides is 1. The summed E-state index contributed by atoms with van der Waals surface area (Å²) >= 11 is 0. The Bertz CT molecular complexity index is 812. The average Bonchev–Trinajstić information content (AvgIpc) is 3.01. The van der Waals surface area contributed by atoms with Gasteiger partial charge in [-0.3, -0.25) is 4.79 Å². The molecule has 6 nitrogen and oxygen atoms in total. The fraction of sp³-hybridized carbons (Fsp3) is 0.391. The van der Waals surface area contributed by atoms with Crippen molar-refractivity contribution in [3.63, 3.8) is 0 Å². The van der Waals surface area contributed by atoms with E-state index < -0.39 is 5.97 Å². The van der Waals surface area contributed by atoms with Crippen molar-refractivity contribution in [3.8, 4) is 5.75 Å². The number of carbonyl (C=O) groups excluding carboxylic acids is 2. The summed E-state index contributed by atoms with van der Waals surface area (Å²) in [6.45, 7) is 3.51. The van der Waals surface area contributed by atoms with Crippen molar-refractivity contribution >= 4 is 23.3 Å². The van der Waals surface area contributed by atoms with Gasteiger partial charge in [-0.05, 0) is 61.7 Å². The number of esters is 1. The summed E-state index contributed by atoms with van der Waals surface area (Å²) in [6.07, 6.45) is 5.02. The number of nitrogens with one attached hydrogen (secondary N) is 1. The van der Waals surface area contributed by atoms with E-state index in [1.54, 1.807) is 6.07 Å². The number of rotatable bonds is 7. The average molecular weight is 396 g/mol. The predicted octanol–water partition coefficient (Wildman–Crippen LogP) is 3.94. The third-order valence-corrected chi connectivity index (χ3v) is 4.83. The van der Waals surface area contributed by atoms with Gasteiger partial charge in [0.25, 0.3) is 5.91 Å². The second kappa shape index (κ2) is 10.5. The molecule has 0 aromatic heterocycles.